The van der Waals surface area contributed by atoms with Crippen LogP contribution in [-0.4, -0.2) is 82.3 Å². The van der Waals surface area contributed by atoms with Gasteiger partial charge in [0.05, 0.1) is 49.7 Å². The second kappa shape index (κ2) is 8.16. The van der Waals surface area contributed by atoms with Crippen LogP contribution in [0.15, 0.2) is 24.4 Å². The van der Waals surface area contributed by atoms with E-state index in [9.17, 15) is 0 Å². The molecule has 4 fully saturated rings. The lowest BCUT2D eigenvalue weighted by atomic mass is 9.88. The predicted molar refractivity (Wildman–Crippen MR) is 130 cm³/mol. The molecule has 2 unspecified atom stereocenters. The van der Waals surface area contributed by atoms with Gasteiger partial charge in [0.2, 0.25) is 0 Å². The maximum absolute atomic E-state index is 6.79. The minimum absolute atomic E-state index is 0.321. The van der Waals surface area contributed by atoms with Crippen LogP contribution in [-0.2, 0) is 9.47 Å². The first kappa shape index (κ1) is 21.1. The average Bonchev–Trinajstić information content (AvgIpc) is 3.53. The fraction of sp³-hybridized carbons (Fsp3) is 0.560. The lowest BCUT2D eigenvalue weighted by molar-refractivity contribution is -0.0712. The van der Waals surface area contributed by atoms with Crippen LogP contribution in [0.1, 0.15) is 36.6 Å². The lowest BCUT2D eigenvalue weighted by Gasteiger charge is -2.41. The minimum Gasteiger partial charge on any atom is -0.378 e. The van der Waals surface area contributed by atoms with Crippen molar-refractivity contribution in [1.29, 1.82) is 0 Å². The van der Waals surface area contributed by atoms with E-state index in [2.05, 4.69) is 28.0 Å². The van der Waals surface area contributed by atoms with Crippen LogP contribution in [0.4, 0.5) is 5.82 Å². The Morgan fingerprint density at radius 1 is 1.00 bits per heavy atom. The Labute approximate surface area is 203 Å². The van der Waals surface area contributed by atoms with E-state index in [1.54, 1.807) is 0 Å². The number of nitrogens with zero attached hydrogens (tertiary/aromatic N) is 6. The zero-order valence-electron chi connectivity index (χ0n) is 19.4. The molecular weight excluding hydrogens is 452 g/mol. The number of piperidine rings is 1. The van der Waals surface area contributed by atoms with Crippen molar-refractivity contribution in [3.05, 3.63) is 40.8 Å². The molecule has 2 aromatic heterocycles. The molecule has 0 aliphatic carbocycles. The second-order valence-electron chi connectivity index (χ2n) is 10.1. The largest absolute Gasteiger partial charge is 0.378 e. The van der Waals surface area contributed by atoms with E-state index in [0.717, 1.165) is 92.1 Å². The zero-order valence-corrected chi connectivity index (χ0v) is 20.1. The number of fused-ring (bicyclic) bond motifs is 3. The summed E-state index contributed by atoms with van der Waals surface area (Å²) in [6.45, 7) is 7.58. The third-order valence-corrected chi connectivity index (χ3v) is 8.34. The number of aromatic nitrogens is 4. The fourth-order valence-electron chi connectivity index (χ4n) is 6.04. The summed E-state index contributed by atoms with van der Waals surface area (Å²) in [6.07, 6.45) is 5.52. The third kappa shape index (κ3) is 3.50. The van der Waals surface area contributed by atoms with Crippen LogP contribution < -0.4 is 4.90 Å². The standard InChI is InChI=1S/C25H29ClN6O2/c1-15-28-24(31-11-20-7-18(31)14-34-20)9-25(29-15)32-23-8-21(22(26)6-17(23)10-27-32)16-2-4-30(5-3-16)19-12-33-13-19/h6,8-10,16,18-20H,2-5,7,11-14H2,1H3. The van der Waals surface area contributed by atoms with Gasteiger partial charge in [0.15, 0.2) is 5.82 Å². The van der Waals surface area contributed by atoms with Gasteiger partial charge in [0.1, 0.15) is 11.6 Å². The van der Waals surface area contributed by atoms with Crippen molar-refractivity contribution in [1.82, 2.24) is 24.6 Å². The van der Waals surface area contributed by atoms with E-state index < -0.39 is 0 Å². The summed E-state index contributed by atoms with van der Waals surface area (Å²) >= 11 is 6.79. The van der Waals surface area contributed by atoms with Crippen molar-refractivity contribution in [3.8, 4) is 5.82 Å². The Morgan fingerprint density at radius 2 is 1.82 bits per heavy atom. The first-order chi connectivity index (χ1) is 16.6. The summed E-state index contributed by atoms with van der Waals surface area (Å²) in [5, 5.41) is 6.58. The van der Waals surface area contributed by atoms with Gasteiger partial charge in [-0.25, -0.2) is 14.6 Å². The topological polar surface area (TPSA) is 68.5 Å². The SMILES string of the molecule is Cc1nc(N2CC3CC2CO3)cc(-n2ncc3cc(Cl)c(C4CCN(C5COC5)CC4)cc32)n1. The van der Waals surface area contributed by atoms with Crippen molar-refractivity contribution >= 4 is 28.3 Å². The Kier molecular flexibility index (Phi) is 5.05. The smallest absolute Gasteiger partial charge is 0.159 e. The number of anilines is 1. The molecule has 8 nitrogen and oxygen atoms in total. The molecule has 0 saturated carbocycles. The predicted octanol–water partition coefficient (Wildman–Crippen LogP) is 3.33. The van der Waals surface area contributed by atoms with Crippen molar-refractivity contribution < 1.29 is 9.47 Å². The lowest BCUT2D eigenvalue weighted by Crippen LogP contribution is -2.51. The van der Waals surface area contributed by atoms with Gasteiger partial charge in [0.25, 0.3) is 0 Å². The molecular formula is C25H29ClN6O2. The summed E-state index contributed by atoms with van der Waals surface area (Å²) in [6, 6.07) is 7.37. The van der Waals surface area contributed by atoms with Gasteiger partial charge in [0, 0.05) is 23.0 Å². The molecule has 0 radical (unpaired) electrons. The van der Waals surface area contributed by atoms with E-state index in [1.807, 2.05) is 17.8 Å². The van der Waals surface area contributed by atoms with Crippen LogP contribution in [0.3, 0.4) is 0 Å². The van der Waals surface area contributed by atoms with Crippen LogP contribution in [0.5, 0.6) is 0 Å². The quantitative estimate of drug-likeness (QED) is 0.567. The van der Waals surface area contributed by atoms with Crippen LogP contribution in [0, 0.1) is 6.92 Å². The molecule has 2 atom stereocenters. The molecule has 4 aliphatic heterocycles. The minimum atomic E-state index is 0.321. The maximum Gasteiger partial charge on any atom is 0.159 e. The Morgan fingerprint density at radius 3 is 2.53 bits per heavy atom. The number of benzene rings is 1. The van der Waals surface area contributed by atoms with E-state index in [-0.39, 0.29) is 0 Å². The highest BCUT2D eigenvalue weighted by atomic mass is 35.5. The monoisotopic (exact) mass is 480 g/mol. The highest BCUT2D eigenvalue weighted by Crippen LogP contribution is 2.37. The molecule has 7 rings (SSSR count). The van der Waals surface area contributed by atoms with Gasteiger partial charge in [-0.05, 0) is 62.9 Å². The maximum atomic E-state index is 6.79. The highest BCUT2D eigenvalue weighted by Gasteiger charge is 2.40. The highest BCUT2D eigenvalue weighted by molar-refractivity contribution is 6.32. The van der Waals surface area contributed by atoms with Crippen molar-refractivity contribution in [3.63, 3.8) is 0 Å². The molecule has 4 aliphatic rings. The fourth-order valence-corrected chi connectivity index (χ4v) is 6.37. The molecule has 1 aromatic carbocycles. The van der Waals surface area contributed by atoms with Crippen LogP contribution in [0.25, 0.3) is 16.7 Å². The number of hydrogen-bond acceptors (Lipinski definition) is 7. The number of morpholine rings is 1. The van der Waals surface area contributed by atoms with Gasteiger partial charge in [-0.15, -0.1) is 0 Å². The Hall–Kier alpha value is -2.26. The Bertz CT molecular complexity index is 1240. The molecule has 34 heavy (non-hydrogen) atoms. The molecule has 9 heteroatoms. The van der Waals surface area contributed by atoms with Gasteiger partial charge in [-0.2, -0.15) is 5.10 Å². The summed E-state index contributed by atoms with van der Waals surface area (Å²) in [4.78, 5) is 14.4. The molecule has 6 heterocycles. The molecule has 4 saturated heterocycles. The van der Waals surface area contributed by atoms with E-state index in [0.29, 0.717) is 24.1 Å². The molecule has 0 amide bonds. The van der Waals surface area contributed by atoms with E-state index in [1.165, 1.54) is 5.56 Å². The normalized spacial score (nSPS) is 26.0. The number of rotatable bonds is 4. The number of ether oxygens (including phenoxy) is 2. The van der Waals surface area contributed by atoms with Crippen LogP contribution in [0.2, 0.25) is 5.02 Å². The number of likely N-dealkylation sites (tertiary alicyclic amines) is 1. The summed E-state index contributed by atoms with van der Waals surface area (Å²) in [5.41, 5.74) is 2.27. The number of aryl methyl sites for hydroxylation is 1. The van der Waals surface area contributed by atoms with Gasteiger partial charge >= 0.3 is 0 Å². The number of halogens is 1. The second-order valence-corrected chi connectivity index (χ2v) is 10.5. The Balaban J connectivity index is 1.21. The summed E-state index contributed by atoms with van der Waals surface area (Å²) in [7, 11) is 0. The van der Waals surface area contributed by atoms with Crippen molar-refractivity contribution in [2.24, 2.45) is 0 Å². The molecule has 0 spiro atoms. The summed E-state index contributed by atoms with van der Waals surface area (Å²) < 4.78 is 13.1. The molecule has 178 valence electrons. The van der Waals surface area contributed by atoms with Gasteiger partial charge in [-0.1, -0.05) is 11.6 Å². The first-order valence-electron chi connectivity index (χ1n) is 12.4. The van der Waals surface area contributed by atoms with Crippen LogP contribution >= 0.6 is 11.6 Å². The van der Waals surface area contributed by atoms with E-state index in [4.69, 9.17) is 36.1 Å². The van der Waals surface area contributed by atoms with Crippen molar-refractivity contribution in [2.75, 3.05) is 44.4 Å². The third-order valence-electron chi connectivity index (χ3n) is 8.02. The van der Waals surface area contributed by atoms with E-state index >= 15 is 0 Å². The molecule has 2 bridgehead atoms. The average molecular weight is 481 g/mol. The molecule has 0 N–H and O–H groups in total. The molecule has 3 aromatic rings. The first-order valence-corrected chi connectivity index (χ1v) is 12.7. The number of hydrogen-bond donors (Lipinski definition) is 0. The van der Waals surface area contributed by atoms with Gasteiger partial charge < -0.3 is 14.4 Å². The zero-order chi connectivity index (χ0) is 22.8. The van der Waals surface area contributed by atoms with Crippen molar-refractivity contribution in [2.45, 2.75) is 50.3 Å². The summed E-state index contributed by atoms with van der Waals surface area (Å²) in [5.74, 6) is 2.97. The van der Waals surface area contributed by atoms with Gasteiger partial charge in [-0.3, -0.25) is 4.90 Å².